The van der Waals surface area contributed by atoms with Crippen molar-refractivity contribution in [2.24, 2.45) is 10.6 Å². The maximum absolute atomic E-state index is 11.4. The molecule has 1 fully saturated rings. The lowest BCUT2D eigenvalue weighted by molar-refractivity contribution is 0.175. The molecular formula is C13H21N3O3S. The van der Waals surface area contributed by atoms with Crippen LogP contribution in [0, 0.1) is 5.41 Å². The first kappa shape index (κ1) is 15.1. The monoisotopic (exact) mass is 299 g/mol. The third kappa shape index (κ3) is 3.41. The predicted octanol–water partition coefficient (Wildman–Crippen LogP) is 1.14. The number of anilines is 2. The number of nitrogens with two attached hydrogens (primary N) is 2. The van der Waals surface area contributed by atoms with Crippen LogP contribution in [0.2, 0.25) is 0 Å². The van der Waals surface area contributed by atoms with Crippen LogP contribution in [0.4, 0.5) is 11.4 Å². The standard InChI is InChI=1S/C13H21N3O3S/c1-19-8-7-13(5-6-13)9-16-10-3-2-4-11(12(10)14)20(15,17)18/h2-4,16H,5-9,14H2,1H3,(H2,15,17,18). The van der Waals surface area contributed by atoms with Crippen molar-refractivity contribution in [1.82, 2.24) is 0 Å². The Morgan fingerprint density at radius 2 is 2.10 bits per heavy atom. The molecule has 0 atom stereocenters. The molecule has 1 aliphatic carbocycles. The molecule has 0 aliphatic heterocycles. The van der Waals surface area contributed by atoms with Gasteiger partial charge in [-0.15, -0.1) is 0 Å². The normalized spacial score (nSPS) is 16.9. The van der Waals surface area contributed by atoms with E-state index in [2.05, 4.69) is 5.32 Å². The summed E-state index contributed by atoms with van der Waals surface area (Å²) in [5.74, 6) is 0. The minimum absolute atomic E-state index is 0.0377. The van der Waals surface area contributed by atoms with Gasteiger partial charge in [0.1, 0.15) is 4.90 Å². The minimum Gasteiger partial charge on any atom is -0.396 e. The third-order valence-corrected chi connectivity index (χ3v) is 4.79. The quantitative estimate of drug-likeness (QED) is 0.654. The van der Waals surface area contributed by atoms with Gasteiger partial charge in [0.05, 0.1) is 11.4 Å². The molecule has 0 aromatic heterocycles. The summed E-state index contributed by atoms with van der Waals surface area (Å²) < 4.78 is 27.9. The van der Waals surface area contributed by atoms with E-state index in [0.717, 1.165) is 32.4 Å². The van der Waals surface area contributed by atoms with Crippen LogP contribution in [-0.4, -0.2) is 28.7 Å². The lowest BCUT2D eigenvalue weighted by atomic mass is 10.0. The van der Waals surface area contributed by atoms with Crippen LogP contribution < -0.4 is 16.2 Å². The summed E-state index contributed by atoms with van der Waals surface area (Å²) in [6.07, 6.45) is 3.29. The predicted molar refractivity (Wildman–Crippen MR) is 78.9 cm³/mol. The van der Waals surface area contributed by atoms with Crippen LogP contribution in [-0.2, 0) is 14.8 Å². The van der Waals surface area contributed by atoms with Gasteiger partial charge in [0.15, 0.2) is 0 Å². The van der Waals surface area contributed by atoms with Crippen LogP contribution in [0.3, 0.4) is 0 Å². The molecule has 20 heavy (non-hydrogen) atoms. The van der Waals surface area contributed by atoms with Crippen molar-refractivity contribution < 1.29 is 13.2 Å². The maximum Gasteiger partial charge on any atom is 0.240 e. The van der Waals surface area contributed by atoms with E-state index >= 15 is 0 Å². The van der Waals surface area contributed by atoms with Gasteiger partial charge in [0.2, 0.25) is 10.0 Å². The number of benzene rings is 1. The number of primary sulfonamides is 1. The number of nitrogens with one attached hydrogen (secondary N) is 1. The molecule has 0 bridgehead atoms. The Morgan fingerprint density at radius 1 is 1.40 bits per heavy atom. The highest BCUT2D eigenvalue weighted by Crippen LogP contribution is 2.48. The average molecular weight is 299 g/mol. The Morgan fingerprint density at radius 3 is 2.65 bits per heavy atom. The second-order valence-corrected chi connectivity index (χ2v) is 6.89. The summed E-state index contributed by atoms with van der Waals surface area (Å²) in [7, 11) is -2.10. The molecule has 112 valence electrons. The fourth-order valence-corrected chi connectivity index (χ4v) is 2.92. The molecule has 0 unspecified atom stereocenters. The highest BCUT2D eigenvalue weighted by atomic mass is 32.2. The van der Waals surface area contributed by atoms with Gasteiger partial charge in [-0.1, -0.05) is 6.07 Å². The first-order valence-corrected chi connectivity index (χ1v) is 8.07. The van der Waals surface area contributed by atoms with Crippen LogP contribution in [0.25, 0.3) is 0 Å². The van der Waals surface area contributed by atoms with Gasteiger partial charge in [-0.05, 0) is 36.8 Å². The summed E-state index contributed by atoms with van der Waals surface area (Å²) in [5, 5.41) is 8.37. The molecule has 1 aromatic rings. The van der Waals surface area contributed by atoms with E-state index in [1.54, 1.807) is 19.2 Å². The van der Waals surface area contributed by atoms with E-state index in [4.69, 9.17) is 15.6 Å². The first-order chi connectivity index (χ1) is 9.38. The van der Waals surface area contributed by atoms with E-state index in [9.17, 15) is 8.42 Å². The SMILES string of the molecule is COCCC1(CNc2cccc(S(N)(=O)=O)c2N)CC1. The van der Waals surface area contributed by atoms with Gasteiger partial charge in [-0.2, -0.15) is 0 Å². The van der Waals surface area contributed by atoms with Crippen LogP contribution in [0.1, 0.15) is 19.3 Å². The highest BCUT2D eigenvalue weighted by molar-refractivity contribution is 7.89. The fraction of sp³-hybridized carbons (Fsp3) is 0.538. The Hall–Kier alpha value is -1.31. The van der Waals surface area contributed by atoms with Crippen LogP contribution in [0.15, 0.2) is 23.1 Å². The Balaban J connectivity index is 2.08. The molecule has 7 heteroatoms. The summed E-state index contributed by atoms with van der Waals surface area (Å²) in [4.78, 5) is -0.0377. The topological polar surface area (TPSA) is 107 Å². The zero-order valence-corrected chi connectivity index (χ0v) is 12.4. The largest absolute Gasteiger partial charge is 0.396 e. The highest BCUT2D eigenvalue weighted by Gasteiger charge is 2.41. The number of para-hydroxylation sites is 1. The zero-order valence-electron chi connectivity index (χ0n) is 11.6. The van der Waals surface area contributed by atoms with Gasteiger partial charge < -0.3 is 15.8 Å². The second-order valence-electron chi connectivity index (χ2n) is 5.36. The van der Waals surface area contributed by atoms with E-state index in [1.165, 1.54) is 6.07 Å². The summed E-state index contributed by atoms with van der Waals surface area (Å²) in [5.41, 5.74) is 6.91. The van der Waals surface area contributed by atoms with Crippen molar-refractivity contribution in [1.29, 1.82) is 0 Å². The lowest BCUT2D eigenvalue weighted by Crippen LogP contribution is -2.19. The van der Waals surface area contributed by atoms with Crippen LogP contribution in [0.5, 0.6) is 0 Å². The van der Waals surface area contributed by atoms with Crippen molar-refractivity contribution in [2.75, 3.05) is 31.3 Å². The molecular weight excluding hydrogens is 278 g/mol. The number of ether oxygens (including phenoxy) is 1. The molecule has 6 nitrogen and oxygen atoms in total. The van der Waals surface area contributed by atoms with Crippen molar-refractivity contribution in [2.45, 2.75) is 24.2 Å². The molecule has 0 radical (unpaired) electrons. The van der Waals surface area contributed by atoms with Gasteiger partial charge in [0, 0.05) is 20.3 Å². The van der Waals surface area contributed by atoms with E-state index in [0.29, 0.717) is 5.69 Å². The van der Waals surface area contributed by atoms with Gasteiger partial charge in [-0.25, -0.2) is 13.6 Å². The molecule has 0 saturated heterocycles. The number of hydrogen-bond acceptors (Lipinski definition) is 5. The van der Waals surface area contributed by atoms with E-state index in [1.807, 2.05) is 0 Å². The molecule has 0 heterocycles. The van der Waals surface area contributed by atoms with E-state index in [-0.39, 0.29) is 16.0 Å². The number of rotatable bonds is 7. The molecule has 0 spiro atoms. The molecule has 5 N–H and O–H groups in total. The van der Waals surface area contributed by atoms with Gasteiger partial charge in [0.25, 0.3) is 0 Å². The maximum atomic E-state index is 11.4. The Labute approximate surface area is 119 Å². The number of sulfonamides is 1. The van der Waals surface area contributed by atoms with Crippen molar-refractivity contribution in [3.63, 3.8) is 0 Å². The van der Waals surface area contributed by atoms with Crippen molar-refractivity contribution in [3.05, 3.63) is 18.2 Å². The third-order valence-electron chi connectivity index (χ3n) is 3.82. The van der Waals surface area contributed by atoms with Gasteiger partial charge in [-0.3, -0.25) is 0 Å². The van der Waals surface area contributed by atoms with Gasteiger partial charge >= 0.3 is 0 Å². The lowest BCUT2D eigenvalue weighted by Gasteiger charge is -2.18. The molecule has 1 saturated carbocycles. The number of hydrogen-bond donors (Lipinski definition) is 3. The average Bonchev–Trinajstić information content (AvgIpc) is 3.14. The fourth-order valence-electron chi connectivity index (χ4n) is 2.24. The van der Waals surface area contributed by atoms with Crippen molar-refractivity contribution in [3.8, 4) is 0 Å². The van der Waals surface area contributed by atoms with Crippen molar-refractivity contribution >= 4 is 21.4 Å². The summed E-state index contributed by atoms with van der Waals surface area (Å²) >= 11 is 0. The Bertz CT molecular complexity index is 583. The Kier molecular flexibility index (Phi) is 4.22. The minimum atomic E-state index is -3.79. The second kappa shape index (κ2) is 5.59. The van der Waals surface area contributed by atoms with Crippen LogP contribution >= 0.6 is 0 Å². The van der Waals surface area contributed by atoms with E-state index < -0.39 is 10.0 Å². The molecule has 1 aromatic carbocycles. The zero-order chi connectivity index (χ0) is 14.8. The number of methoxy groups -OCH3 is 1. The smallest absolute Gasteiger partial charge is 0.240 e. The number of nitrogen functional groups attached to an aromatic ring is 1. The summed E-state index contributed by atoms with van der Waals surface area (Å²) in [6, 6.07) is 4.80. The molecule has 1 aliphatic rings. The molecule has 2 rings (SSSR count). The summed E-state index contributed by atoms with van der Waals surface area (Å²) in [6.45, 7) is 1.49. The first-order valence-electron chi connectivity index (χ1n) is 6.52. The molecule has 0 amide bonds.